The number of unbranched alkanes of at least 4 members (excludes halogenated alkanes) is 10. The largest absolute Gasteiger partial charge is 0.491 e. The van der Waals surface area contributed by atoms with Gasteiger partial charge in [-0.3, -0.25) is 0 Å². The Morgan fingerprint density at radius 2 is 1.21 bits per heavy atom. The Labute approximate surface area is 239 Å². The Balaban J connectivity index is 1.93. The Morgan fingerprint density at radius 1 is 0.692 bits per heavy atom. The lowest BCUT2D eigenvalue weighted by Crippen LogP contribution is -2.53. The molecule has 0 unspecified atom stereocenters. The van der Waals surface area contributed by atoms with Crippen molar-refractivity contribution in [2.45, 2.75) is 148 Å². The van der Waals surface area contributed by atoms with Gasteiger partial charge in [0.1, 0.15) is 0 Å². The van der Waals surface area contributed by atoms with Gasteiger partial charge in [-0.1, -0.05) is 133 Å². The summed E-state index contributed by atoms with van der Waals surface area (Å²) in [4.78, 5) is 0. The van der Waals surface area contributed by atoms with Crippen molar-refractivity contribution in [3.8, 4) is 11.1 Å². The van der Waals surface area contributed by atoms with Crippen LogP contribution >= 0.6 is 0 Å². The molecule has 1 aliphatic carbocycles. The van der Waals surface area contributed by atoms with E-state index in [1.54, 1.807) is 13.8 Å². The maximum absolute atomic E-state index is 11.2. The monoisotopic (exact) mass is 534 g/mol. The van der Waals surface area contributed by atoms with Crippen molar-refractivity contribution in [2.24, 2.45) is 0 Å². The fourth-order valence-corrected chi connectivity index (χ4v) is 6.20. The summed E-state index contributed by atoms with van der Waals surface area (Å²) in [7, 11) is -1.10. The number of hydrogen-bond donors (Lipinski definition) is 2. The number of fused-ring (bicyclic) bond motifs is 3. The van der Waals surface area contributed by atoms with Gasteiger partial charge in [0.2, 0.25) is 0 Å². The molecule has 3 rings (SSSR count). The lowest BCUT2D eigenvalue weighted by molar-refractivity contribution is -0.0982. The molecule has 2 aromatic carbocycles. The molecule has 0 amide bonds. The third-order valence-corrected chi connectivity index (χ3v) is 9.37. The highest BCUT2D eigenvalue weighted by Crippen LogP contribution is 2.54. The maximum Gasteiger partial charge on any atom is 0.491 e. The minimum absolute atomic E-state index is 0.0249. The topological polar surface area (TPSA) is 49.7 Å². The zero-order valence-corrected chi connectivity index (χ0v) is 25.8. The summed E-state index contributed by atoms with van der Waals surface area (Å²) in [6.45, 7) is 11.7. The highest BCUT2D eigenvalue weighted by Gasteiger charge is 2.44. The molecule has 4 heteroatoms. The van der Waals surface area contributed by atoms with Crippen molar-refractivity contribution < 1.29 is 14.8 Å². The second-order valence-electron chi connectivity index (χ2n) is 13.0. The molecular weight excluding hydrogens is 479 g/mol. The molecule has 0 saturated carbocycles. The van der Waals surface area contributed by atoms with Crippen molar-refractivity contribution >= 4 is 12.6 Å². The number of hydrogen-bond acceptors (Lipinski definition) is 3. The van der Waals surface area contributed by atoms with Crippen LogP contribution in [0.1, 0.15) is 143 Å². The summed E-state index contributed by atoms with van der Waals surface area (Å²) < 4.78 is 6.07. The standard InChI is InChI=1S/C35H55BO3/c1-7-9-11-13-15-19-25-35(26-20-16-14-12-10-8-2)31-22-18-17-21-29(31)30-24-23-28(27-32(30)35)36(38)39-34(5,6)33(3,4)37/h17-18,21-24,27,37-38H,7-16,19-20,25-26H2,1-6H3. The molecule has 2 N–H and O–H groups in total. The zero-order chi connectivity index (χ0) is 28.5. The Morgan fingerprint density at radius 3 is 1.77 bits per heavy atom. The van der Waals surface area contributed by atoms with Crippen LogP contribution in [0.5, 0.6) is 0 Å². The summed E-state index contributed by atoms with van der Waals surface area (Å²) in [5, 5.41) is 21.8. The molecule has 0 radical (unpaired) electrons. The third kappa shape index (κ3) is 7.77. The van der Waals surface area contributed by atoms with E-state index in [2.05, 4.69) is 50.2 Å². The molecule has 2 aromatic rings. The van der Waals surface area contributed by atoms with E-state index in [-0.39, 0.29) is 5.41 Å². The van der Waals surface area contributed by atoms with Crippen molar-refractivity contribution in [1.29, 1.82) is 0 Å². The molecule has 3 nitrogen and oxygen atoms in total. The molecule has 0 saturated heterocycles. The van der Waals surface area contributed by atoms with Gasteiger partial charge < -0.3 is 14.8 Å². The molecule has 1 aliphatic rings. The molecule has 0 spiro atoms. The smallest absolute Gasteiger partial charge is 0.423 e. The van der Waals surface area contributed by atoms with Gasteiger partial charge in [-0.2, -0.15) is 0 Å². The molecule has 0 aliphatic heterocycles. The first-order chi connectivity index (χ1) is 18.6. The first-order valence-corrected chi connectivity index (χ1v) is 15.9. The molecule has 0 heterocycles. The number of aliphatic hydroxyl groups is 1. The SMILES string of the molecule is CCCCCCCCC1(CCCCCCCC)c2ccccc2-c2ccc(B(O)OC(C)(C)C(C)(C)O)cc21. The highest BCUT2D eigenvalue weighted by molar-refractivity contribution is 6.60. The second kappa shape index (κ2) is 14.3. The molecule has 0 bridgehead atoms. The van der Waals surface area contributed by atoms with E-state index in [0.29, 0.717) is 0 Å². The van der Waals surface area contributed by atoms with E-state index < -0.39 is 18.3 Å². The van der Waals surface area contributed by atoms with Crippen molar-refractivity contribution in [3.05, 3.63) is 53.6 Å². The minimum atomic E-state index is -1.10. The van der Waals surface area contributed by atoms with Crippen LogP contribution in [0.3, 0.4) is 0 Å². The molecule has 0 fully saturated rings. The predicted molar refractivity (Wildman–Crippen MR) is 168 cm³/mol. The quantitative estimate of drug-likeness (QED) is 0.149. The highest BCUT2D eigenvalue weighted by atomic mass is 16.5. The molecule has 216 valence electrons. The van der Waals surface area contributed by atoms with Crippen molar-refractivity contribution in [1.82, 2.24) is 0 Å². The maximum atomic E-state index is 11.2. The second-order valence-corrected chi connectivity index (χ2v) is 13.0. The van der Waals surface area contributed by atoms with Crippen LogP contribution in [0.2, 0.25) is 0 Å². The van der Waals surface area contributed by atoms with E-state index in [4.69, 9.17) is 4.65 Å². The van der Waals surface area contributed by atoms with E-state index in [9.17, 15) is 10.1 Å². The zero-order valence-electron chi connectivity index (χ0n) is 25.8. The lowest BCUT2D eigenvalue weighted by Gasteiger charge is -2.38. The van der Waals surface area contributed by atoms with Gasteiger partial charge in [-0.15, -0.1) is 0 Å². The van der Waals surface area contributed by atoms with E-state index in [1.165, 1.54) is 99.3 Å². The summed E-state index contributed by atoms with van der Waals surface area (Å²) in [6.07, 6.45) is 17.8. The van der Waals surface area contributed by atoms with Gasteiger partial charge in [-0.05, 0) is 68.3 Å². The van der Waals surface area contributed by atoms with E-state index >= 15 is 0 Å². The van der Waals surface area contributed by atoms with Gasteiger partial charge in [0, 0.05) is 5.41 Å². The van der Waals surface area contributed by atoms with Crippen LogP contribution in [-0.2, 0) is 10.1 Å². The predicted octanol–water partition coefficient (Wildman–Crippen LogP) is 8.71. The van der Waals surface area contributed by atoms with E-state index in [0.717, 1.165) is 18.3 Å². The van der Waals surface area contributed by atoms with Crippen LogP contribution in [0.4, 0.5) is 0 Å². The van der Waals surface area contributed by atoms with Crippen LogP contribution < -0.4 is 5.46 Å². The van der Waals surface area contributed by atoms with E-state index in [1.807, 2.05) is 19.9 Å². The fraction of sp³-hybridized carbons (Fsp3) is 0.657. The first-order valence-electron chi connectivity index (χ1n) is 15.9. The van der Waals surface area contributed by atoms with Gasteiger partial charge in [0.25, 0.3) is 0 Å². The van der Waals surface area contributed by atoms with Crippen molar-refractivity contribution in [2.75, 3.05) is 0 Å². The van der Waals surface area contributed by atoms with Gasteiger partial charge in [0.15, 0.2) is 0 Å². The van der Waals surface area contributed by atoms with Crippen LogP contribution in [0, 0.1) is 0 Å². The molecule has 0 aromatic heterocycles. The van der Waals surface area contributed by atoms with Gasteiger partial charge in [0.05, 0.1) is 11.2 Å². The van der Waals surface area contributed by atoms with Gasteiger partial charge in [-0.25, -0.2) is 0 Å². The summed E-state index contributed by atoms with van der Waals surface area (Å²) in [5.41, 5.74) is 4.24. The number of rotatable bonds is 18. The minimum Gasteiger partial charge on any atom is -0.423 e. The van der Waals surface area contributed by atoms with Gasteiger partial charge >= 0.3 is 7.12 Å². The Hall–Kier alpha value is -1.62. The van der Waals surface area contributed by atoms with Crippen molar-refractivity contribution in [3.63, 3.8) is 0 Å². The molecule has 0 atom stereocenters. The average molecular weight is 535 g/mol. The van der Waals surface area contributed by atoms with Crippen LogP contribution in [0.15, 0.2) is 42.5 Å². The van der Waals surface area contributed by atoms with Crippen LogP contribution in [0.25, 0.3) is 11.1 Å². The lowest BCUT2D eigenvalue weighted by atomic mass is 9.68. The third-order valence-electron chi connectivity index (χ3n) is 9.37. The summed E-state index contributed by atoms with van der Waals surface area (Å²) in [5.74, 6) is 0. The normalized spacial score (nSPS) is 14.4. The summed E-state index contributed by atoms with van der Waals surface area (Å²) >= 11 is 0. The molecular formula is C35H55BO3. The fourth-order valence-electron chi connectivity index (χ4n) is 6.20. The molecule has 39 heavy (non-hydrogen) atoms. The summed E-state index contributed by atoms with van der Waals surface area (Å²) in [6, 6.07) is 15.4. The average Bonchev–Trinajstić information content (AvgIpc) is 3.16. The van der Waals surface area contributed by atoms with Crippen LogP contribution in [-0.4, -0.2) is 28.5 Å². The first kappa shape index (κ1) is 31.9. The Bertz CT molecular complexity index is 1010. The Kier molecular flexibility index (Phi) is 11.7. The number of benzene rings is 2.